The van der Waals surface area contributed by atoms with Gasteiger partial charge in [0, 0.05) is 37.2 Å². The molecule has 2 aliphatic rings. The fraction of sp³-hybridized carbons (Fsp3) is 0.500. The largest absolute Gasteiger partial charge is 0.354 e. The van der Waals surface area contributed by atoms with E-state index in [-0.39, 0.29) is 29.8 Å². The number of hydrogen-bond donors (Lipinski definition) is 1. The van der Waals surface area contributed by atoms with Crippen molar-refractivity contribution in [1.29, 1.82) is 0 Å². The molecule has 1 aliphatic carbocycles. The van der Waals surface area contributed by atoms with Crippen LogP contribution in [0.5, 0.6) is 0 Å². The molecule has 1 aliphatic heterocycles. The number of amides is 2. The second-order valence-electron chi connectivity index (χ2n) is 8.21. The normalized spacial score (nSPS) is 24.2. The van der Waals surface area contributed by atoms with E-state index in [2.05, 4.69) is 27.4 Å². The van der Waals surface area contributed by atoms with Crippen LogP contribution in [0.3, 0.4) is 0 Å². The van der Waals surface area contributed by atoms with E-state index in [4.69, 9.17) is 0 Å². The SMILES string of the molecule is Cc1ccn(CC(=O)NC[C@@]23CCC[C@H]2N(Cc2ccccc2)C(=O)CC3)n1. The number of rotatable bonds is 6. The van der Waals surface area contributed by atoms with E-state index >= 15 is 0 Å². The standard InChI is InChI=1S/C22H28N4O2/c1-17-10-13-25(24-17)15-20(27)23-16-22-11-5-8-19(22)26(21(28)9-12-22)14-18-6-3-2-4-7-18/h2-4,6-7,10,13,19H,5,8-9,11-12,14-16H2,1H3,(H,23,27)/t19-,22+/m1/s1. The minimum atomic E-state index is -0.0189. The molecule has 1 aromatic heterocycles. The van der Waals surface area contributed by atoms with Crippen molar-refractivity contribution in [1.82, 2.24) is 20.0 Å². The molecule has 0 spiro atoms. The van der Waals surface area contributed by atoms with Crippen LogP contribution < -0.4 is 5.32 Å². The van der Waals surface area contributed by atoms with Crippen molar-refractivity contribution in [3.8, 4) is 0 Å². The molecule has 6 nitrogen and oxygen atoms in total. The highest BCUT2D eigenvalue weighted by atomic mass is 16.2. The van der Waals surface area contributed by atoms with Crippen LogP contribution in [0.4, 0.5) is 0 Å². The molecule has 2 heterocycles. The molecular formula is C22H28N4O2. The van der Waals surface area contributed by atoms with E-state index in [0.717, 1.165) is 36.9 Å². The summed E-state index contributed by atoms with van der Waals surface area (Å²) in [5, 5.41) is 7.42. The second-order valence-corrected chi connectivity index (χ2v) is 8.21. The topological polar surface area (TPSA) is 67.2 Å². The van der Waals surface area contributed by atoms with Gasteiger partial charge >= 0.3 is 0 Å². The molecule has 6 heteroatoms. The van der Waals surface area contributed by atoms with Crippen molar-refractivity contribution in [3.05, 3.63) is 53.9 Å². The third-order valence-corrected chi connectivity index (χ3v) is 6.31. The van der Waals surface area contributed by atoms with Gasteiger partial charge in [-0.15, -0.1) is 0 Å². The van der Waals surface area contributed by atoms with Crippen molar-refractivity contribution >= 4 is 11.8 Å². The number of aromatic nitrogens is 2. The Bertz CT molecular complexity index is 847. The number of hydrogen-bond acceptors (Lipinski definition) is 3. The molecule has 2 aromatic rings. The van der Waals surface area contributed by atoms with E-state index in [1.165, 1.54) is 0 Å². The number of nitrogens with zero attached hydrogens (tertiary/aromatic N) is 3. The van der Waals surface area contributed by atoms with Crippen LogP contribution in [-0.4, -0.2) is 39.1 Å². The number of likely N-dealkylation sites (tertiary alicyclic amines) is 1. The Kier molecular flexibility index (Phi) is 5.20. The summed E-state index contributed by atoms with van der Waals surface area (Å²) in [5.41, 5.74) is 2.07. The lowest BCUT2D eigenvalue weighted by molar-refractivity contribution is -0.142. The zero-order valence-electron chi connectivity index (χ0n) is 16.4. The molecule has 148 valence electrons. The second kappa shape index (κ2) is 7.78. The van der Waals surface area contributed by atoms with Gasteiger partial charge in [-0.25, -0.2) is 0 Å². The number of nitrogens with one attached hydrogen (secondary N) is 1. The Morgan fingerprint density at radius 1 is 1.25 bits per heavy atom. The number of fused-ring (bicyclic) bond motifs is 1. The van der Waals surface area contributed by atoms with Crippen molar-refractivity contribution in [3.63, 3.8) is 0 Å². The van der Waals surface area contributed by atoms with E-state index in [0.29, 0.717) is 19.5 Å². The van der Waals surface area contributed by atoms with Crippen LogP contribution in [0, 0.1) is 12.3 Å². The summed E-state index contributed by atoms with van der Waals surface area (Å²) >= 11 is 0. The van der Waals surface area contributed by atoms with Crippen molar-refractivity contribution in [2.45, 2.75) is 58.2 Å². The average Bonchev–Trinajstić information content (AvgIpc) is 3.30. The fourth-order valence-corrected chi connectivity index (χ4v) is 4.87. The van der Waals surface area contributed by atoms with Gasteiger partial charge in [-0.2, -0.15) is 5.10 Å². The third-order valence-electron chi connectivity index (χ3n) is 6.31. The summed E-state index contributed by atoms with van der Waals surface area (Å²) in [6.07, 6.45) is 6.45. The number of carbonyl (C=O) groups excluding carboxylic acids is 2. The number of aryl methyl sites for hydroxylation is 1. The molecule has 0 bridgehead atoms. The summed E-state index contributed by atoms with van der Waals surface area (Å²) in [5.74, 6) is 0.222. The van der Waals surface area contributed by atoms with Crippen molar-refractivity contribution < 1.29 is 9.59 Å². The summed E-state index contributed by atoms with van der Waals surface area (Å²) in [4.78, 5) is 27.2. The zero-order chi connectivity index (χ0) is 19.6. The maximum absolute atomic E-state index is 12.7. The van der Waals surface area contributed by atoms with Gasteiger partial charge < -0.3 is 10.2 Å². The molecule has 0 radical (unpaired) electrons. The highest BCUT2D eigenvalue weighted by Gasteiger charge is 2.50. The number of piperidine rings is 1. The van der Waals surface area contributed by atoms with Gasteiger partial charge in [-0.3, -0.25) is 14.3 Å². The Hall–Kier alpha value is -2.63. The molecule has 0 unspecified atom stereocenters. The van der Waals surface area contributed by atoms with Crippen LogP contribution in [0.25, 0.3) is 0 Å². The molecule has 4 rings (SSSR count). The van der Waals surface area contributed by atoms with E-state index in [1.807, 2.05) is 37.4 Å². The Labute approximate surface area is 165 Å². The Morgan fingerprint density at radius 2 is 2.07 bits per heavy atom. The molecule has 2 amide bonds. The van der Waals surface area contributed by atoms with Crippen LogP contribution >= 0.6 is 0 Å². The van der Waals surface area contributed by atoms with Crippen LogP contribution in [0.2, 0.25) is 0 Å². The van der Waals surface area contributed by atoms with Gasteiger partial charge in [0.25, 0.3) is 0 Å². The first-order chi connectivity index (χ1) is 13.6. The summed E-state index contributed by atoms with van der Waals surface area (Å²) in [6, 6.07) is 12.3. The van der Waals surface area contributed by atoms with Crippen molar-refractivity contribution in [2.24, 2.45) is 5.41 Å². The maximum atomic E-state index is 12.7. The van der Waals surface area contributed by atoms with Crippen LogP contribution in [0.1, 0.15) is 43.4 Å². The van der Waals surface area contributed by atoms with E-state index < -0.39 is 0 Å². The van der Waals surface area contributed by atoms with Crippen molar-refractivity contribution in [2.75, 3.05) is 6.54 Å². The summed E-state index contributed by atoms with van der Waals surface area (Å²) in [6.45, 7) is 3.44. The monoisotopic (exact) mass is 380 g/mol. The van der Waals surface area contributed by atoms with Gasteiger partial charge in [0.15, 0.2) is 0 Å². The van der Waals surface area contributed by atoms with Crippen LogP contribution in [0.15, 0.2) is 42.6 Å². The first-order valence-electron chi connectivity index (χ1n) is 10.2. The lowest BCUT2D eigenvalue weighted by Crippen LogP contribution is -2.55. The number of carbonyl (C=O) groups is 2. The smallest absolute Gasteiger partial charge is 0.241 e. The van der Waals surface area contributed by atoms with Gasteiger partial charge in [-0.05, 0) is 37.8 Å². The predicted molar refractivity (Wildman–Crippen MR) is 106 cm³/mol. The van der Waals surface area contributed by atoms with Gasteiger partial charge in [0.1, 0.15) is 6.54 Å². The van der Waals surface area contributed by atoms with Gasteiger partial charge in [-0.1, -0.05) is 36.8 Å². The minimum Gasteiger partial charge on any atom is -0.354 e. The minimum absolute atomic E-state index is 0.00160. The first kappa shape index (κ1) is 18.7. The first-order valence-corrected chi connectivity index (χ1v) is 10.2. The average molecular weight is 380 g/mol. The molecule has 1 saturated carbocycles. The molecule has 1 saturated heterocycles. The zero-order valence-corrected chi connectivity index (χ0v) is 16.4. The lowest BCUT2D eigenvalue weighted by Gasteiger charge is -2.46. The van der Waals surface area contributed by atoms with Crippen LogP contribution in [-0.2, 0) is 22.7 Å². The molecule has 2 fully saturated rings. The molecular weight excluding hydrogens is 352 g/mol. The van der Waals surface area contributed by atoms with Gasteiger partial charge in [0.05, 0.1) is 5.69 Å². The van der Waals surface area contributed by atoms with Gasteiger partial charge in [0.2, 0.25) is 11.8 Å². The maximum Gasteiger partial charge on any atom is 0.241 e. The highest BCUT2D eigenvalue weighted by Crippen LogP contribution is 2.48. The highest BCUT2D eigenvalue weighted by molar-refractivity contribution is 5.78. The quantitative estimate of drug-likeness (QED) is 0.838. The molecule has 28 heavy (non-hydrogen) atoms. The summed E-state index contributed by atoms with van der Waals surface area (Å²) in [7, 11) is 0. The molecule has 1 aromatic carbocycles. The molecule has 2 atom stereocenters. The molecule has 1 N–H and O–H groups in total. The third kappa shape index (κ3) is 3.81. The van der Waals surface area contributed by atoms with E-state index in [9.17, 15) is 9.59 Å². The summed E-state index contributed by atoms with van der Waals surface area (Å²) < 4.78 is 1.67. The Balaban J connectivity index is 1.43. The Morgan fingerprint density at radius 3 is 2.82 bits per heavy atom. The fourth-order valence-electron chi connectivity index (χ4n) is 4.87. The van der Waals surface area contributed by atoms with E-state index in [1.54, 1.807) is 4.68 Å². The predicted octanol–water partition coefficient (Wildman–Crippen LogP) is 2.67. The lowest BCUT2D eigenvalue weighted by atomic mass is 9.74. The number of benzene rings is 1.